The fourth-order valence-electron chi connectivity index (χ4n) is 2.95. The zero-order valence-corrected chi connectivity index (χ0v) is 23.0. The minimum Gasteiger partial charge on any atom is -0.447 e. The highest BCUT2D eigenvalue weighted by Gasteiger charge is 2.37. The van der Waals surface area contributed by atoms with E-state index in [1.807, 2.05) is 10.6 Å². The van der Waals surface area contributed by atoms with Gasteiger partial charge in [-0.1, -0.05) is 11.6 Å². The third-order valence-electron chi connectivity index (χ3n) is 4.45. The Kier molecular flexibility index (Phi) is 11.4. The summed E-state index contributed by atoms with van der Waals surface area (Å²) >= 11 is 5.39. The molecule has 0 aliphatic heterocycles. The molecule has 3 aromatic rings. The topological polar surface area (TPSA) is 115 Å². The molecule has 0 saturated heterocycles. The van der Waals surface area contributed by atoms with Crippen LogP contribution in [0.3, 0.4) is 0 Å². The average molecular weight is 626 g/mol. The first kappa shape index (κ1) is 34.0. The number of carbonyl (C=O) groups is 2. The van der Waals surface area contributed by atoms with E-state index in [2.05, 4.69) is 19.7 Å². The number of rotatable bonds is 5. The Hall–Kier alpha value is -4.21. The summed E-state index contributed by atoms with van der Waals surface area (Å²) in [5.74, 6) is -0.703. The number of anilines is 2. The molecule has 42 heavy (non-hydrogen) atoms. The Morgan fingerprint density at radius 3 is 1.71 bits per heavy atom. The standard InChI is InChI=1S/C15H13F4N3O2.C10H10ClF3N2O2/c1-8(2)24-14(23)22-12-4-3-11(21-13(12)15(17,18)19)9-5-10(16)7-20-6-9;1-5(2)18-9(17)15-6-3-4-7(11)16-8(6)10(12,13)14/h3-8H,1-2H3,(H,22,23);3-5H,1-2H3,(H,15,17). The first-order chi connectivity index (χ1) is 19.4. The monoisotopic (exact) mass is 625 g/mol. The molecule has 9 nitrogen and oxygen atoms in total. The van der Waals surface area contributed by atoms with Gasteiger partial charge in [0.2, 0.25) is 0 Å². The van der Waals surface area contributed by atoms with Crippen LogP contribution in [0.2, 0.25) is 5.15 Å². The zero-order valence-electron chi connectivity index (χ0n) is 22.2. The van der Waals surface area contributed by atoms with Crippen molar-refractivity contribution in [1.29, 1.82) is 0 Å². The number of alkyl halides is 6. The summed E-state index contributed by atoms with van der Waals surface area (Å²) < 4.78 is 100. The van der Waals surface area contributed by atoms with Crippen LogP contribution in [0.1, 0.15) is 39.1 Å². The van der Waals surface area contributed by atoms with Crippen molar-refractivity contribution in [2.45, 2.75) is 52.3 Å². The molecule has 0 atom stereocenters. The van der Waals surface area contributed by atoms with Gasteiger partial charge in [0, 0.05) is 11.8 Å². The summed E-state index contributed by atoms with van der Waals surface area (Å²) in [4.78, 5) is 32.9. The van der Waals surface area contributed by atoms with Gasteiger partial charge in [-0.05, 0) is 58.0 Å². The molecular formula is C25H23ClF7N5O4. The highest BCUT2D eigenvalue weighted by Crippen LogP contribution is 2.36. The van der Waals surface area contributed by atoms with Crippen LogP contribution in [0.4, 0.5) is 51.7 Å². The molecule has 3 heterocycles. The van der Waals surface area contributed by atoms with E-state index in [4.69, 9.17) is 16.3 Å². The lowest BCUT2D eigenvalue weighted by Crippen LogP contribution is -2.21. The van der Waals surface area contributed by atoms with Crippen LogP contribution in [0, 0.1) is 5.82 Å². The Bertz CT molecular complexity index is 1400. The van der Waals surface area contributed by atoms with Crippen molar-refractivity contribution in [2.75, 3.05) is 10.6 Å². The first-order valence-corrected chi connectivity index (χ1v) is 12.1. The highest BCUT2D eigenvalue weighted by molar-refractivity contribution is 6.29. The smallest absolute Gasteiger partial charge is 0.435 e. The van der Waals surface area contributed by atoms with Crippen LogP contribution < -0.4 is 10.6 Å². The van der Waals surface area contributed by atoms with Gasteiger partial charge in [0.25, 0.3) is 0 Å². The second-order valence-electron chi connectivity index (χ2n) is 8.67. The number of carbonyl (C=O) groups excluding carboxylic acids is 2. The summed E-state index contributed by atoms with van der Waals surface area (Å²) in [7, 11) is 0. The van der Waals surface area contributed by atoms with Gasteiger partial charge in [-0.25, -0.2) is 23.9 Å². The molecule has 228 valence electrons. The van der Waals surface area contributed by atoms with Crippen LogP contribution in [-0.2, 0) is 21.8 Å². The fraction of sp³-hybridized carbons (Fsp3) is 0.320. The van der Waals surface area contributed by atoms with Gasteiger partial charge < -0.3 is 9.47 Å². The van der Waals surface area contributed by atoms with Crippen molar-refractivity contribution >= 4 is 35.2 Å². The maximum atomic E-state index is 13.2. The molecule has 2 N–H and O–H groups in total. The molecule has 0 fully saturated rings. The maximum Gasteiger partial charge on any atom is 0.435 e. The van der Waals surface area contributed by atoms with E-state index >= 15 is 0 Å². The zero-order chi connectivity index (χ0) is 31.8. The first-order valence-electron chi connectivity index (χ1n) is 11.7. The summed E-state index contributed by atoms with van der Waals surface area (Å²) in [6.07, 6.45) is -10.4. The summed E-state index contributed by atoms with van der Waals surface area (Å²) in [6, 6.07) is 5.41. The Morgan fingerprint density at radius 1 is 0.786 bits per heavy atom. The minimum atomic E-state index is -4.82. The molecular weight excluding hydrogens is 603 g/mol. The molecule has 0 aromatic carbocycles. The molecule has 3 aromatic heterocycles. The number of amides is 2. The number of nitrogens with zero attached hydrogens (tertiary/aromatic N) is 3. The van der Waals surface area contributed by atoms with E-state index in [0.29, 0.717) is 0 Å². The molecule has 2 amide bonds. The van der Waals surface area contributed by atoms with Crippen LogP contribution >= 0.6 is 11.6 Å². The molecule has 0 radical (unpaired) electrons. The largest absolute Gasteiger partial charge is 0.447 e. The van der Waals surface area contributed by atoms with E-state index < -0.39 is 65.3 Å². The van der Waals surface area contributed by atoms with Crippen LogP contribution in [0.25, 0.3) is 11.3 Å². The van der Waals surface area contributed by atoms with Crippen LogP contribution in [-0.4, -0.2) is 39.3 Å². The second-order valence-corrected chi connectivity index (χ2v) is 9.06. The van der Waals surface area contributed by atoms with E-state index in [-0.39, 0.29) is 16.4 Å². The van der Waals surface area contributed by atoms with Crippen LogP contribution in [0.5, 0.6) is 0 Å². The van der Waals surface area contributed by atoms with E-state index in [1.165, 1.54) is 12.3 Å². The van der Waals surface area contributed by atoms with Crippen molar-refractivity contribution < 1.29 is 49.8 Å². The van der Waals surface area contributed by atoms with Gasteiger partial charge >= 0.3 is 24.5 Å². The normalized spacial score (nSPS) is 11.5. The highest BCUT2D eigenvalue weighted by atomic mass is 35.5. The van der Waals surface area contributed by atoms with Gasteiger partial charge in [-0.3, -0.25) is 15.6 Å². The van der Waals surface area contributed by atoms with Crippen LogP contribution in [0.15, 0.2) is 42.7 Å². The minimum absolute atomic E-state index is 0.0804. The summed E-state index contributed by atoms with van der Waals surface area (Å²) in [6.45, 7) is 6.26. The Balaban J connectivity index is 0.000000307. The predicted molar refractivity (Wildman–Crippen MR) is 137 cm³/mol. The molecule has 0 bridgehead atoms. The van der Waals surface area contributed by atoms with Gasteiger partial charge in [0.15, 0.2) is 11.4 Å². The number of pyridine rings is 3. The fourth-order valence-corrected chi connectivity index (χ4v) is 3.10. The summed E-state index contributed by atoms with van der Waals surface area (Å²) in [5, 5.41) is 3.66. The van der Waals surface area contributed by atoms with Crippen molar-refractivity contribution in [3.05, 3.63) is 65.1 Å². The molecule has 17 heteroatoms. The molecule has 0 aliphatic carbocycles. The van der Waals surface area contributed by atoms with E-state index in [0.717, 1.165) is 30.5 Å². The van der Waals surface area contributed by atoms with Gasteiger partial charge in [0.05, 0.1) is 35.5 Å². The SMILES string of the molecule is CC(C)OC(=O)Nc1ccc(-c2cncc(F)c2)nc1C(F)(F)F.CC(C)OC(=O)Nc1ccc(Cl)nc1C(F)(F)F. The number of aromatic nitrogens is 3. The van der Waals surface area contributed by atoms with Gasteiger partial charge in [0.1, 0.15) is 11.0 Å². The second kappa shape index (κ2) is 14.1. The quantitative estimate of drug-likeness (QED) is 0.218. The molecule has 0 saturated carbocycles. The van der Waals surface area contributed by atoms with E-state index in [1.54, 1.807) is 27.7 Å². The van der Waals surface area contributed by atoms with Gasteiger partial charge in [-0.2, -0.15) is 26.3 Å². The van der Waals surface area contributed by atoms with Crippen molar-refractivity contribution in [1.82, 2.24) is 15.0 Å². The molecule has 3 rings (SSSR count). The lowest BCUT2D eigenvalue weighted by molar-refractivity contribution is -0.141. The number of hydrogen-bond donors (Lipinski definition) is 2. The van der Waals surface area contributed by atoms with E-state index in [9.17, 15) is 40.3 Å². The van der Waals surface area contributed by atoms with Crippen molar-refractivity contribution in [3.63, 3.8) is 0 Å². The van der Waals surface area contributed by atoms with Gasteiger partial charge in [-0.15, -0.1) is 0 Å². The summed E-state index contributed by atoms with van der Waals surface area (Å²) in [5.41, 5.74) is -3.69. The number of ether oxygens (including phenoxy) is 2. The predicted octanol–water partition coefficient (Wildman–Crippen LogP) is 7.97. The number of nitrogens with one attached hydrogen (secondary N) is 2. The Morgan fingerprint density at radius 2 is 1.26 bits per heavy atom. The maximum absolute atomic E-state index is 13.2. The number of hydrogen-bond acceptors (Lipinski definition) is 7. The third-order valence-corrected chi connectivity index (χ3v) is 4.66. The average Bonchev–Trinajstić information content (AvgIpc) is 2.83. The molecule has 0 unspecified atom stereocenters. The lowest BCUT2D eigenvalue weighted by atomic mass is 10.1. The van der Waals surface area contributed by atoms with Crippen molar-refractivity contribution in [2.24, 2.45) is 0 Å². The Labute approximate surface area is 239 Å². The third kappa shape index (κ3) is 10.6. The lowest BCUT2D eigenvalue weighted by Gasteiger charge is -2.15. The number of halogens is 8. The van der Waals surface area contributed by atoms with Crippen molar-refractivity contribution in [3.8, 4) is 11.3 Å². The molecule has 0 spiro atoms. The molecule has 0 aliphatic rings.